The molecule has 24 heavy (non-hydrogen) atoms. The van der Waals surface area contributed by atoms with E-state index in [0.29, 0.717) is 19.0 Å². The van der Waals surface area contributed by atoms with Gasteiger partial charge in [0.25, 0.3) is 0 Å². The molecule has 2 aromatic carbocycles. The van der Waals surface area contributed by atoms with E-state index in [9.17, 15) is 18.4 Å². The van der Waals surface area contributed by atoms with E-state index in [2.05, 4.69) is 5.32 Å². The molecule has 0 bridgehead atoms. The summed E-state index contributed by atoms with van der Waals surface area (Å²) in [6, 6.07) is 11.6. The SMILES string of the molecule is O=C(Nc1ccc(F)cc1F)C1CCC(=O)N1Cc1ccccc1. The first-order valence-corrected chi connectivity index (χ1v) is 7.64. The van der Waals surface area contributed by atoms with Crippen LogP contribution in [0.5, 0.6) is 0 Å². The summed E-state index contributed by atoms with van der Waals surface area (Å²) in [5.74, 6) is -2.14. The molecule has 3 rings (SSSR count). The first-order chi connectivity index (χ1) is 11.5. The maximum Gasteiger partial charge on any atom is 0.247 e. The number of anilines is 1. The van der Waals surface area contributed by atoms with Crippen molar-refractivity contribution in [3.05, 3.63) is 65.7 Å². The average Bonchev–Trinajstić information content (AvgIpc) is 2.92. The van der Waals surface area contributed by atoms with E-state index in [-0.39, 0.29) is 18.0 Å². The van der Waals surface area contributed by atoms with Gasteiger partial charge in [0.1, 0.15) is 17.7 Å². The molecule has 1 aliphatic heterocycles. The molecule has 2 amide bonds. The van der Waals surface area contributed by atoms with Gasteiger partial charge in [-0.2, -0.15) is 0 Å². The molecule has 1 atom stereocenters. The molecular formula is C18H16F2N2O2. The average molecular weight is 330 g/mol. The zero-order valence-electron chi connectivity index (χ0n) is 12.8. The summed E-state index contributed by atoms with van der Waals surface area (Å²) < 4.78 is 26.6. The monoisotopic (exact) mass is 330 g/mol. The molecule has 0 aromatic heterocycles. The van der Waals surface area contributed by atoms with Crippen molar-refractivity contribution < 1.29 is 18.4 Å². The van der Waals surface area contributed by atoms with Crippen LogP contribution in [0.15, 0.2) is 48.5 Å². The van der Waals surface area contributed by atoms with Crippen LogP contribution in [0.25, 0.3) is 0 Å². The zero-order chi connectivity index (χ0) is 17.1. The first kappa shape index (κ1) is 16.1. The van der Waals surface area contributed by atoms with Crippen molar-refractivity contribution in [2.75, 3.05) is 5.32 Å². The number of carbonyl (C=O) groups excluding carboxylic acids is 2. The Hall–Kier alpha value is -2.76. The Kier molecular flexibility index (Phi) is 4.55. The van der Waals surface area contributed by atoms with Gasteiger partial charge in [-0.05, 0) is 24.1 Å². The van der Waals surface area contributed by atoms with E-state index in [1.54, 1.807) is 0 Å². The summed E-state index contributed by atoms with van der Waals surface area (Å²) in [7, 11) is 0. The zero-order valence-corrected chi connectivity index (χ0v) is 12.8. The number of likely N-dealkylation sites (tertiary alicyclic amines) is 1. The van der Waals surface area contributed by atoms with Crippen molar-refractivity contribution in [3.8, 4) is 0 Å². The lowest BCUT2D eigenvalue weighted by Crippen LogP contribution is -2.41. The molecular weight excluding hydrogens is 314 g/mol. The van der Waals surface area contributed by atoms with Gasteiger partial charge in [-0.15, -0.1) is 0 Å². The first-order valence-electron chi connectivity index (χ1n) is 7.64. The summed E-state index contributed by atoms with van der Waals surface area (Å²) in [5, 5.41) is 2.44. The van der Waals surface area contributed by atoms with Crippen molar-refractivity contribution in [1.29, 1.82) is 0 Å². The normalized spacial score (nSPS) is 17.2. The van der Waals surface area contributed by atoms with Crippen LogP contribution in [0.2, 0.25) is 0 Å². The predicted molar refractivity (Wildman–Crippen MR) is 85.0 cm³/mol. The minimum atomic E-state index is -0.845. The minimum Gasteiger partial charge on any atom is -0.326 e. The molecule has 2 aromatic rings. The smallest absolute Gasteiger partial charge is 0.247 e. The highest BCUT2D eigenvalue weighted by atomic mass is 19.1. The Morgan fingerprint density at radius 2 is 1.92 bits per heavy atom. The number of nitrogens with zero attached hydrogens (tertiary/aromatic N) is 1. The molecule has 0 aliphatic carbocycles. The largest absolute Gasteiger partial charge is 0.326 e. The van der Waals surface area contributed by atoms with Gasteiger partial charge in [-0.1, -0.05) is 30.3 Å². The lowest BCUT2D eigenvalue weighted by Gasteiger charge is -2.24. The molecule has 1 saturated heterocycles. The van der Waals surface area contributed by atoms with Gasteiger partial charge in [0, 0.05) is 19.0 Å². The van der Waals surface area contributed by atoms with Crippen molar-refractivity contribution in [2.45, 2.75) is 25.4 Å². The van der Waals surface area contributed by atoms with Gasteiger partial charge in [0.2, 0.25) is 11.8 Å². The highest BCUT2D eigenvalue weighted by Gasteiger charge is 2.36. The summed E-state index contributed by atoms with van der Waals surface area (Å²) in [6.45, 7) is 0.323. The molecule has 1 unspecified atom stereocenters. The second-order valence-corrected chi connectivity index (χ2v) is 5.68. The quantitative estimate of drug-likeness (QED) is 0.936. The van der Waals surface area contributed by atoms with Crippen LogP contribution >= 0.6 is 0 Å². The molecule has 0 spiro atoms. The fourth-order valence-electron chi connectivity index (χ4n) is 2.79. The van der Waals surface area contributed by atoms with Gasteiger partial charge in [0.05, 0.1) is 5.69 Å². The summed E-state index contributed by atoms with van der Waals surface area (Å²) in [6.07, 6.45) is 0.650. The number of amides is 2. The molecule has 124 valence electrons. The standard InChI is InChI=1S/C18H16F2N2O2/c19-13-6-7-15(14(20)10-13)21-18(24)16-8-9-17(23)22(16)11-12-4-2-1-3-5-12/h1-7,10,16H,8-9,11H2,(H,21,24). The van der Waals surface area contributed by atoms with E-state index in [1.165, 1.54) is 11.0 Å². The number of hydrogen-bond acceptors (Lipinski definition) is 2. The lowest BCUT2D eigenvalue weighted by molar-refractivity contribution is -0.133. The Morgan fingerprint density at radius 3 is 2.62 bits per heavy atom. The van der Waals surface area contributed by atoms with Crippen LogP contribution < -0.4 is 5.32 Å². The molecule has 1 aliphatic rings. The van der Waals surface area contributed by atoms with Crippen molar-refractivity contribution in [2.24, 2.45) is 0 Å². The van der Waals surface area contributed by atoms with Gasteiger partial charge in [-0.3, -0.25) is 9.59 Å². The van der Waals surface area contributed by atoms with Gasteiger partial charge in [-0.25, -0.2) is 8.78 Å². The highest BCUT2D eigenvalue weighted by Crippen LogP contribution is 2.24. The summed E-state index contributed by atoms with van der Waals surface area (Å²) in [5.41, 5.74) is 0.818. The molecule has 1 fully saturated rings. The molecule has 0 saturated carbocycles. The molecule has 1 N–H and O–H groups in total. The maximum absolute atomic E-state index is 13.7. The topological polar surface area (TPSA) is 49.4 Å². The Balaban J connectivity index is 1.74. The van der Waals surface area contributed by atoms with Crippen molar-refractivity contribution in [1.82, 2.24) is 4.90 Å². The Morgan fingerprint density at radius 1 is 1.17 bits per heavy atom. The van der Waals surface area contributed by atoms with Crippen LogP contribution in [0, 0.1) is 11.6 Å². The fraction of sp³-hybridized carbons (Fsp3) is 0.222. The van der Waals surface area contributed by atoms with E-state index < -0.39 is 23.6 Å². The third-order valence-corrected chi connectivity index (χ3v) is 4.02. The van der Waals surface area contributed by atoms with Crippen LogP contribution in [-0.2, 0) is 16.1 Å². The van der Waals surface area contributed by atoms with Crippen LogP contribution in [-0.4, -0.2) is 22.8 Å². The molecule has 0 radical (unpaired) electrons. The third-order valence-electron chi connectivity index (χ3n) is 4.02. The highest BCUT2D eigenvalue weighted by molar-refractivity contribution is 5.99. The van der Waals surface area contributed by atoms with Crippen molar-refractivity contribution in [3.63, 3.8) is 0 Å². The number of hydrogen-bond donors (Lipinski definition) is 1. The van der Waals surface area contributed by atoms with E-state index in [1.807, 2.05) is 30.3 Å². The fourth-order valence-corrected chi connectivity index (χ4v) is 2.79. The predicted octanol–water partition coefficient (Wildman–Crippen LogP) is 3.09. The summed E-state index contributed by atoms with van der Waals surface area (Å²) in [4.78, 5) is 26.0. The molecule has 6 heteroatoms. The second kappa shape index (κ2) is 6.78. The van der Waals surface area contributed by atoms with Crippen LogP contribution in [0.4, 0.5) is 14.5 Å². The Labute approximate surface area is 138 Å². The minimum absolute atomic E-state index is 0.0968. The van der Waals surface area contributed by atoms with Crippen LogP contribution in [0.1, 0.15) is 18.4 Å². The van der Waals surface area contributed by atoms with Crippen LogP contribution in [0.3, 0.4) is 0 Å². The number of halogens is 2. The van der Waals surface area contributed by atoms with Gasteiger partial charge < -0.3 is 10.2 Å². The Bertz CT molecular complexity index is 765. The number of benzene rings is 2. The number of carbonyl (C=O) groups is 2. The lowest BCUT2D eigenvalue weighted by atomic mass is 10.1. The summed E-state index contributed by atoms with van der Waals surface area (Å²) >= 11 is 0. The molecule has 1 heterocycles. The second-order valence-electron chi connectivity index (χ2n) is 5.68. The van der Waals surface area contributed by atoms with E-state index in [0.717, 1.165) is 11.6 Å². The number of rotatable bonds is 4. The maximum atomic E-state index is 13.7. The molecule has 4 nitrogen and oxygen atoms in total. The van der Waals surface area contributed by atoms with E-state index in [4.69, 9.17) is 0 Å². The van der Waals surface area contributed by atoms with Gasteiger partial charge in [0.15, 0.2) is 0 Å². The van der Waals surface area contributed by atoms with Gasteiger partial charge >= 0.3 is 0 Å². The van der Waals surface area contributed by atoms with E-state index >= 15 is 0 Å². The van der Waals surface area contributed by atoms with Crippen molar-refractivity contribution >= 4 is 17.5 Å². The third kappa shape index (κ3) is 3.42. The number of nitrogens with one attached hydrogen (secondary N) is 1.